The van der Waals surface area contributed by atoms with Crippen LogP contribution in [0.4, 0.5) is 0 Å². The molecule has 6 nitrogen and oxygen atoms in total. The summed E-state index contributed by atoms with van der Waals surface area (Å²) in [6, 6.07) is 8.17. The number of hydrogen-bond acceptors (Lipinski definition) is 4. The molecule has 1 heterocycles. The van der Waals surface area contributed by atoms with Crippen LogP contribution in [0.1, 0.15) is 25.3 Å². The molecule has 116 valence electrons. The molecule has 0 aromatic heterocycles. The molecule has 0 radical (unpaired) electrons. The summed E-state index contributed by atoms with van der Waals surface area (Å²) in [5.74, 6) is -1.10. The van der Waals surface area contributed by atoms with Crippen molar-refractivity contribution in [2.24, 2.45) is 5.92 Å². The Balaban J connectivity index is 1.93. The van der Waals surface area contributed by atoms with Gasteiger partial charge >= 0.3 is 5.97 Å². The molecule has 2 atom stereocenters. The summed E-state index contributed by atoms with van der Waals surface area (Å²) in [6.07, 6.45) is 1.28. The summed E-state index contributed by atoms with van der Waals surface area (Å²) < 4.78 is 5.42. The molecule has 1 aliphatic heterocycles. The van der Waals surface area contributed by atoms with Crippen molar-refractivity contribution in [3.05, 3.63) is 29.8 Å². The van der Waals surface area contributed by atoms with Crippen LogP contribution in [-0.4, -0.2) is 41.1 Å². The Labute approximate surface area is 128 Å². The maximum atomic E-state index is 12.2. The zero-order valence-electron chi connectivity index (χ0n) is 12.4. The van der Waals surface area contributed by atoms with Gasteiger partial charge in [-0.25, -0.2) is 0 Å². The summed E-state index contributed by atoms with van der Waals surface area (Å²) >= 11 is 0. The minimum absolute atomic E-state index is 0.136. The molecule has 0 bridgehead atoms. The van der Waals surface area contributed by atoms with Gasteiger partial charge in [0.1, 0.15) is 5.75 Å². The first-order chi connectivity index (χ1) is 10.5. The molecule has 1 amide bonds. The minimum Gasteiger partial charge on any atom is -0.484 e. The highest BCUT2D eigenvalue weighted by molar-refractivity contribution is 5.80. The first-order valence-electron chi connectivity index (χ1n) is 7.18. The third kappa shape index (κ3) is 3.55. The van der Waals surface area contributed by atoms with Gasteiger partial charge in [0.15, 0.2) is 6.61 Å². The molecular formula is C16H18N2O4. The quantitative estimate of drug-likeness (QED) is 0.913. The number of ether oxygens (including phenoxy) is 1. The number of piperidine rings is 1. The monoisotopic (exact) mass is 302 g/mol. The fourth-order valence-electron chi connectivity index (χ4n) is 2.68. The zero-order chi connectivity index (χ0) is 16.1. The molecule has 0 saturated carbocycles. The molecule has 0 spiro atoms. The number of benzene rings is 1. The van der Waals surface area contributed by atoms with E-state index in [2.05, 4.69) is 0 Å². The lowest BCUT2D eigenvalue weighted by Crippen LogP contribution is -2.50. The van der Waals surface area contributed by atoms with Crippen LogP contribution in [0.3, 0.4) is 0 Å². The van der Waals surface area contributed by atoms with E-state index in [9.17, 15) is 9.59 Å². The molecule has 6 heteroatoms. The van der Waals surface area contributed by atoms with Crippen LogP contribution in [0.2, 0.25) is 0 Å². The fraction of sp³-hybridized carbons (Fsp3) is 0.438. The van der Waals surface area contributed by atoms with Crippen molar-refractivity contribution in [2.75, 3.05) is 13.2 Å². The number of carboxylic acid groups (broad SMARTS) is 1. The van der Waals surface area contributed by atoms with Gasteiger partial charge < -0.3 is 14.7 Å². The van der Waals surface area contributed by atoms with Crippen LogP contribution in [0.5, 0.6) is 5.75 Å². The molecule has 22 heavy (non-hydrogen) atoms. The normalized spacial score (nSPS) is 21.0. The fourth-order valence-corrected chi connectivity index (χ4v) is 2.68. The second-order valence-electron chi connectivity index (χ2n) is 5.34. The van der Waals surface area contributed by atoms with Gasteiger partial charge in [0.05, 0.1) is 17.6 Å². The van der Waals surface area contributed by atoms with Crippen molar-refractivity contribution in [3.63, 3.8) is 0 Å². The summed E-state index contributed by atoms with van der Waals surface area (Å²) in [7, 11) is 0. The number of carbonyl (C=O) groups excluding carboxylic acids is 1. The van der Waals surface area contributed by atoms with Crippen molar-refractivity contribution in [1.29, 1.82) is 5.26 Å². The highest BCUT2D eigenvalue weighted by Crippen LogP contribution is 2.24. The Morgan fingerprint density at radius 2 is 2.09 bits per heavy atom. The van der Waals surface area contributed by atoms with E-state index in [1.807, 2.05) is 6.07 Å². The zero-order valence-corrected chi connectivity index (χ0v) is 12.4. The number of amides is 1. The van der Waals surface area contributed by atoms with Gasteiger partial charge in [-0.05, 0) is 44.0 Å². The van der Waals surface area contributed by atoms with E-state index in [0.29, 0.717) is 30.7 Å². The number of nitrogens with zero attached hydrogens (tertiary/aromatic N) is 2. The third-order valence-electron chi connectivity index (χ3n) is 3.97. The first kappa shape index (κ1) is 15.8. The number of carboxylic acids is 1. The Hall–Kier alpha value is -2.55. The lowest BCUT2D eigenvalue weighted by molar-refractivity contribution is -0.149. The second-order valence-corrected chi connectivity index (χ2v) is 5.34. The lowest BCUT2D eigenvalue weighted by Gasteiger charge is -2.37. The van der Waals surface area contributed by atoms with E-state index >= 15 is 0 Å². The highest BCUT2D eigenvalue weighted by atomic mass is 16.5. The minimum atomic E-state index is -0.863. The predicted octanol–water partition coefficient (Wildman–Crippen LogP) is 1.65. The highest BCUT2D eigenvalue weighted by Gasteiger charge is 2.35. The standard InChI is InChI=1S/C16H18N2O4/c1-11-14(16(20)21)3-2-8-18(11)15(19)10-22-13-6-4-12(9-17)5-7-13/h4-7,11,14H,2-3,8,10H2,1H3,(H,20,21)/t11-,14-/m1/s1. The predicted molar refractivity (Wildman–Crippen MR) is 78.2 cm³/mol. The second kappa shape index (κ2) is 6.94. The van der Waals surface area contributed by atoms with E-state index in [1.54, 1.807) is 36.1 Å². The SMILES string of the molecule is C[C@@H]1[C@H](C(=O)O)CCCN1C(=O)COc1ccc(C#N)cc1. The summed E-state index contributed by atoms with van der Waals surface area (Å²) in [5.41, 5.74) is 0.521. The average molecular weight is 302 g/mol. The topological polar surface area (TPSA) is 90.6 Å². The molecule has 0 unspecified atom stereocenters. The molecular weight excluding hydrogens is 284 g/mol. The van der Waals surface area contributed by atoms with Crippen molar-refractivity contribution in [2.45, 2.75) is 25.8 Å². The van der Waals surface area contributed by atoms with Crippen LogP contribution < -0.4 is 4.74 Å². The van der Waals surface area contributed by atoms with Crippen molar-refractivity contribution >= 4 is 11.9 Å². The Kier molecular flexibility index (Phi) is 4.99. The van der Waals surface area contributed by atoms with Gasteiger partial charge in [-0.3, -0.25) is 9.59 Å². The Morgan fingerprint density at radius 3 is 2.68 bits per heavy atom. The van der Waals surface area contributed by atoms with Crippen LogP contribution in [0.25, 0.3) is 0 Å². The number of nitriles is 1. The summed E-state index contributed by atoms with van der Waals surface area (Å²) in [4.78, 5) is 25.0. The molecule has 1 aromatic rings. The van der Waals surface area contributed by atoms with E-state index < -0.39 is 11.9 Å². The van der Waals surface area contributed by atoms with Gasteiger partial charge in [0, 0.05) is 12.6 Å². The van der Waals surface area contributed by atoms with Crippen LogP contribution in [-0.2, 0) is 9.59 Å². The van der Waals surface area contributed by atoms with Crippen LogP contribution in [0.15, 0.2) is 24.3 Å². The van der Waals surface area contributed by atoms with Gasteiger partial charge in [0.2, 0.25) is 0 Å². The molecule has 1 fully saturated rings. The Morgan fingerprint density at radius 1 is 1.41 bits per heavy atom. The lowest BCUT2D eigenvalue weighted by atomic mass is 9.90. The maximum Gasteiger partial charge on any atom is 0.308 e. The van der Waals surface area contributed by atoms with Crippen molar-refractivity contribution in [1.82, 2.24) is 4.90 Å². The first-order valence-corrected chi connectivity index (χ1v) is 7.18. The number of carbonyl (C=O) groups is 2. The molecule has 1 saturated heterocycles. The van der Waals surface area contributed by atoms with E-state index in [-0.39, 0.29) is 18.6 Å². The summed E-state index contributed by atoms with van der Waals surface area (Å²) in [6.45, 7) is 2.18. The van der Waals surface area contributed by atoms with Gasteiger partial charge in [-0.2, -0.15) is 5.26 Å². The number of hydrogen-bond donors (Lipinski definition) is 1. The summed E-state index contributed by atoms with van der Waals surface area (Å²) in [5, 5.41) is 17.9. The maximum absolute atomic E-state index is 12.2. The van der Waals surface area contributed by atoms with E-state index in [0.717, 1.165) is 0 Å². The average Bonchev–Trinajstić information content (AvgIpc) is 2.53. The molecule has 0 aliphatic carbocycles. The van der Waals surface area contributed by atoms with Gasteiger partial charge in [-0.1, -0.05) is 0 Å². The van der Waals surface area contributed by atoms with E-state index in [4.69, 9.17) is 15.1 Å². The largest absolute Gasteiger partial charge is 0.484 e. The smallest absolute Gasteiger partial charge is 0.308 e. The third-order valence-corrected chi connectivity index (χ3v) is 3.97. The van der Waals surface area contributed by atoms with E-state index in [1.165, 1.54) is 0 Å². The van der Waals surface area contributed by atoms with Crippen LogP contribution >= 0.6 is 0 Å². The number of rotatable bonds is 4. The molecule has 2 rings (SSSR count). The van der Waals surface area contributed by atoms with Gasteiger partial charge in [-0.15, -0.1) is 0 Å². The molecule has 1 aliphatic rings. The molecule has 1 aromatic carbocycles. The van der Waals surface area contributed by atoms with Gasteiger partial charge in [0.25, 0.3) is 5.91 Å². The van der Waals surface area contributed by atoms with Crippen LogP contribution in [0, 0.1) is 17.2 Å². The van der Waals surface area contributed by atoms with Crippen molar-refractivity contribution < 1.29 is 19.4 Å². The number of aliphatic carboxylic acids is 1. The molecule has 1 N–H and O–H groups in total. The van der Waals surface area contributed by atoms with Crippen molar-refractivity contribution in [3.8, 4) is 11.8 Å². The number of likely N-dealkylation sites (tertiary alicyclic amines) is 1. The Bertz CT molecular complexity index is 591.